The molecule has 0 aliphatic heterocycles. The third-order valence-electron chi connectivity index (χ3n) is 3.03. The number of carbonyl (C=O) groups is 2. The van der Waals surface area contributed by atoms with E-state index >= 15 is 0 Å². The molecule has 0 aromatic heterocycles. The van der Waals surface area contributed by atoms with Crippen LogP contribution in [-0.2, 0) is 20.7 Å². The molecule has 0 aliphatic carbocycles. The Morgan fingerprint density at radius 2 is 2.00 bits per heavy atom. The van der Waals surface area contributed by atoms with Crippen LogP contribution in [0.2, 0.25) is 0 Å². The van der Waals surface area contributed by atoms with E-state index in [1.54, 1.807) is 6.07 Å². The molecule has 0 heterocycles. The molecule has 21 heavy (non-hydrogen) atoms. The predicted octanol–water partition coefficient (Wildman–Crippen LogP) is 1.23. The second kappa shape index (κ2) is 7.64. The Balaban J connectivity index is 2.63. The van der Waals surface area contributed by atoms with Crippen molar-refractivity contribution in [1.29, 1.82) is 0 Å². The van der Waals surface area contributed by atoms with E-state index in [2.05, 4.69) is 5.32 Å². The van der Waals surface area contributed by atoms with Crippen LogP contribution in [0.4, 0.5) is 0 Å². The van der Waals surface area contributed by atoms with Gasteiger partial charge in [0.2, 0.25) is 0 Å². The van der Waals surface area contributed by atoms with Crippen LogP contribution in [0.15, 0.2) is 24.3 Å². The zero-order chi connectivity index (χ0) is 15.9. The Hall–Kier alpha value is -2.08. The van der Waals surface area contributed by atoms with Gasteiger partial charge in [0.25, 0.3) is 5.91 Å². The molecule has 1 rings (SSSR count). The fourth-order valence-corrected chi connectivity index (χ4v) is 1.86. The molecule has 0 aliphatic rings. The van der Waals surface area contributed by atoms with Crippen molar-refractivity contribution in [2.45, 2.75) is 25.8 Å². The summed E-state index contributed by atoms with van der Waals surface area (Å²) in [5.41, 5.74) is -0.484. The number of ether oxygens (including phenoxy) is 2. The first kappa shape index (κ1) is 17.0. The Bertz CT molecular complexity index is 503. The molecule has 2 N–H and O–H groups in total. The lowest BCUT2D eigenvalue weighted by molar-refractivity contribution is -0.149. The van der Waals surface area contributed by atoms with E-state index in [1.807, 2.05) is 25.1 Å². The molecule has 0 saturated carbocycles. The third kappa shape index (κ3) is 4.75. The number of aliphatic carboxylic acids is 1. The Morgan fingerprint density at radius 1 is 1.33 bits per heavy atom. The van der Waals surface area contributed by atoms with E-state index in [9.17, 15) is 9.59 Å². The average Bonchev–Trinajstić information content (AvgIpc) is 2.45. The molecule has 1 amide bonds. The molecule has 6 nitrogen and oxygen atoms in total. The van der Waals surface area contributed by atoms with Gasteiger partial charge >= 0.3 is 5.97 Å². The highest BCUT2D eigenvalue weighted by Crippen LogP contribution is 2.18. The maximum Gasteiger partial charge on any atom is 0.331 e. The highest BCUT2D eigenvalue weighted by molar-refractivity contribution is 5.87. The molecule has 0 bridgehead atoms. The molecular weight excluding hydrogens is 274 g/mol. The summed E-state index contributed by atoms with van der Waals surface area (Å²) in [6.45, 7) is 3.00. The van der Waals surface area contributed by atoms with Crippen LogP contribution < -0.4 is 10.1 Å². The lowest BCUT2D eigenvalue weighted by atomic mass is 10.0. The molecular formula is C15H21NO5. The van der Waals surface area contributed by atoms with Crippen LogP contribution in [0.5, 0.6) is 5.75 Å². The average molecular weight is 295 g/mol. The minimum atomic E-state index is -1.47. The topological polar surface area (TPSA) is 84.9 Å². The van der Waals surface area contributed by atoms with Crippen molar-refractivity contribution >= 4 is 11.9 Å². The standard InChI is InChI=1S/C15H21NO5/c1-4-11-7-5-6-8-12(11)21-9-13(17)16-15(2,10-20-3)14(18)19/h5-8H,4,9-10H2,1-3H3,(H,16,17)(H,18,19). The van der Waals surface area contributed by atoms with Crippen LogP contribution >= 0.6 is 0 Å². The number of carbonyl (C=O) groups excluding carboxylic acids is 1. The maximum atomic E-state index is 11.9. The van der Waals surface area contributed by atoms with E-state index in [4.69, 9.17) is 14.6 Å². The molecule has 0 spiro atoms. The molecule has 0 saturated heterocycles. The number of methoxy groups -OCH3 is 1. The Labute approximate surface area is 124 Å². The highest BCUT2D eigenvalue weighted by atomic mass is 16.5. The number of aryl methyl sites for hydroxylation is 1. The molecule has 6 heteroatoms. The number of hydrogen-bond acceptors (Lipinski definition) is 4. The van der Waals surface area contributed by atoms with Crippen LogP contribution in [0.1, 0.15) is 19.4 Å². The van der Waals surface area contributed by atoms with Crippen LogP contribution in [0.3, 0.4) is 0 Å². The first-order valence-electron chi connectivity index (χ1n) is 6.67. The Kier molecular flexibility index (Phi) is 6.17. The molecule has 0 fully saturated rings. The van der Waals surface area contributed by atoms with Gasteiger partial charge in [-0.2, -0.15) is 0 Å². The van der Waals surface area contributed by atoms with Gasteiger partial charge < -0.3 is 19.9 Å². The van der Waals surface area contributed by atoms with Crippen molar-refractivity contribution in [3.8, 4) is 5.75 Å². The smallest absolute Gasteiger partial charge is 0.331 e. The summed E-state index contributed by atoms with van der Waals surface area (Å²) in [4.78, 5) is 23.0. The molecule has 0 radical (unpaired) electrons. The summed E-state index contributed by atoms with van der Waals surface area (Å²) in [5, 5.41) is 11.6. The zero-order valence-corrected chi connectivity index (χ0v) is 12.5. The van der Waals surface area contributed by atoms with Gasteiger partial charge in [-0.05, 0) is 25.0 Å². The Morgan fingerprint density at radius 3 is 2.57 bits per heavy atom. The van der Waals surface area contributed by atoms with E-state index in [0.717, 1.165) is 12.0 Å². The molecule has 1 atom stereocenters. The number of benzene rings is 1. The second-order valence-electron chi connectivity index (χ2n) is 4.87. The van der Waals surface area contributed by atoms with Gasteiger partial charge in [0.15, 0.2) is 12.1 Å². The van der Waals surface area contributed by atoms with E-state index in [-0.39, 0.29) is 13.2 Å². The predicted molar refractivity (Wildman–Crippen MR) is 77.4 cm³/mol. The van der Waals surface area contributed by atoms with Crippen LogP contribution in [0.25, 0.3) is 0 Å². The fourth-order valence-electron chi connectivity index (χ4n) is 1.86. The van der Waals surface area contributed by atoms with Gasteiger partial charge in [0, 0.05) is 7.11 Å². The van der Waals surface area contributed by atoms with Crippen molar-refractivity contribution < 1.29 is 24.2 Å². The first-order valence-corrected chi connectivity index (χ1v) is 6.67. The number of rotatable bonds is 8. The van der Waals surface area contributed by atoms with E-state index < -0.39 is 17.4 Å². The lowest BCUT2D eigenvalue weighted by Gasteiger charge is -2.25. The number of carboxylic acids is 1. The fraction of sp³-hybridized carbons (Fsp3) is 0.467. The molecule has 1 aromatic carbocycles. The van der Waals surface area contributed by atoms with Crippen LogP contribution in [0, 0.1) is 0 Å². The molecule has 116 valence electrons. The second-order valence-corrected chi connectivity index (χ2v) is 4.87. The minimum absolute atomic E-state index is 0.125. The number of carboxylic acid groups (broad SMARTS) is 1. The summed E-state index contributed by atoms with van der Waals surface area (Å²) < 4.78 is 10.3. The van der Waals surface area contributed by atoms with Crippen molar-refractivity contribution in [1.82, 2.24) is 5.32 Å². The van der Waals surface area contributed by atoms with Crippen molar-refractivity contribution in [3.63, 3.8) is 0 Å². The summed E-state index contributed by atoms with van der Waals surface area (Å²) in [7, 11) is 1.38. The summed E-state index contributed by atoms with van der Waals surface area (Å²) in [6.07, 6.45) is 0.786. The summed E-state index contributed by atoms with van der Waals surface area (Å²) >= 11 is 0. The van der Waals surface area contributed by atoms with Gasteiger partial charge in [-0.25, -0.2) is 4.79 Å². The number of nitrogens with one attached hydrogen (secondary N) is 1. The van der Waals surface area contributed by atoms with Gasteiger partial charge in [0.05, 0.1) is 6.61 Å². The lowest BCUT2D eigenvalue weighted by Crippen LogP contribution is -2.56. The number of hydrogen-bond donors (Lipinski definition) is 2. The zero-order valence-electron chi connectivity index (χ0n) is 12.5. The highest BCUT2D eigenvalue weighted by Gasteiger charge is 2.35. The number of para-hydroxylation sites is 1. The number of amides is 1. The SMILES string of the molecule is CCc1ccccc1OCC(=O)NC(C)(COC)C(=O)O. The largest absolute Gasteiger partial charge is 0.483 e. The van der Waals surface area contributed by atoms with Crippen molar-refractivity contribution in [2.24, 2.45) is 0 Å². The van der Waals surface area contributed by atoms with Crippen LogP contribution in [-0.4, -0.2) is 42.8 Å². The van der Waals surface area contributed by atoms with Gasteiger partial charge in [-0.15, -0.1) is 0 Å². The molecule has 1 unspecified atom stereocenters. The first-order chi connectivity index (χ1) is 9.92. The normalized spacial score (nSPS) is 13.3. The van der Waals surface area contributed by atoms with Crippen molar-refractivity contribution in [3.05, 3.63) is 29.8 Å². The van der Waals surface area contributed by atoms with E-state index in [1.165, 1.54) is 14.0 Å². The maximum absolute atomic E-state index is 11.9. The quantitative estimate of drug-likeness (QED) is 0.753. The molecule has 1 aromatic rings. The van der Waals surface area contributed by atoms with Gasteiger partial charge in [-0.1, -0.05) is 25.1 Å². The summed E-state index contributed by atoms with van der Waals surface area (Å²) in [6, 6.07) is 7.40. The third-order valence-corrected chi connectivity index (χ3v) is 3.03. The van der Waals surface area contributed by atoms with Gasteiger partial charge in [0.1, 0.15) is 5.75 Å². The van der Waals surface area contributed by atoms with Gasteiger partial charge in [-0.3, -0.25) is 4.79 Å². The van der Waals surface area contributed by atoms with Crippen molar-refractivity contribution in [2.75, 3.05) is 20.3 Å². The van der Waals surface area contributed by atoms with E-state index in [0.29, 0.717) is 5.75 Å². The minimum Gasteiger partial charge on any atom is -0.483 e. The summed E-state index contributed by atoms with van der Waals surface area (Å²) in [5.74, 6) is -1.05. The monoisotopic (exact) mass is 295 g/mol.